The van der Waals surface area contributed by atoms with Crippen molar-refractivity contribution in [3.8, 4) is 0 Å². The molecular formula is C17H25N5O. The van der Waals surface area contributed by atoms with Crippen molar-refractivity contribution in [1.29, 1.82) is 0 Å². The molecule has 0 atom stereocenters. The lowest BCUT2D eigenvalue weighted by Gasteiger charge is -2.37. The predicted octanol–water partition coefficient (Wildman–Crippen LogP) is 1.01. The van der Waals surface area contributed by atoms with Gasteiger partial charge < -0.3 is 19.9 Å². The van der Waals surface area contributed by atoms with Crippen LogP contribution < -0.4 is 10.2 Å². The Bertz CT molecular complexity index is 621. The van der Waals surface area contributed by atoms with E-state index in [1.165, 1.54) is 11.1 Å². The SMILES string of the molecule is CN(C)c1nccc2c1CN(C1=NCC3(CCOCC3)N1)CC2. The summed E-state index contributed by atoms with van der Waals surface area (Å²) in [6.07, 6.45) is 5.07. The summed E-state index contributed by atoms with van der Waals surface area (Å²) in [5.74, 6) is 2.14. The molecule has 0 amide bonds. The van der Waals surface area contributed by atoms with Crippen molar-refractivity contribution in [2.75, 3.05) is 45.3 Å². The Labute approximate surface area is 137 Å². The number of aliphatic imine (C=N–C) groups is 1. The number of rotatable bonds is 1. The molecule has 0 aliphatic carbocycles. The lowest BCUT2D eigenvalue weighted by molar-refractivity contribution is 0.0513. The molecule has 1 fully saturated rings. The topological polar surface area (TPSA) is 53.0 Å². The van der Waals surface area contributed by atoms with E-state index in [0.29, 0.717) is 0 Å². The summed E-state index contributed by atoms with van der Waals surface area (Å²) in [4.78, 5) is 13.9. The number of pyridine rings is 1. The molecule has 4 rings (SSSR count). The third-order valence-electron chi connectivity index (χ3n) is 5.21. The summed E-state index contributed by atoms with van der Waals surface area (Å²) >= 11 is 0. The fourth-order valence-corrected chi connectivity index (χ4v) is 3.78. The second-order valence-electron chi connectivity index (χ2n) is 7.00. The minimum absolute atomic E-state index is 0.132. The molecule has 0 unspecified atom stereocenters. The molecule has 4 heterocycles. The number of aromatic nitrogens is 1. The molecule has 3 aliphatic heterocycles. The van der Waals surface area contributed by atoms with E-state index in [1.807, 2.05) is 6.20 Å². The van der Waals surface area contributed by atoms with Crippen molar-refractivity contribution in [2.45, 2.75) is 31.3 Å². The number of nitrogens with zero attached hydrogens (tertiary/aromatic N) is 4. The monoisotopic (exact) mass is 315 g/mol. The van der Waals surface area contributed by atoms with Gasteiger partial charge in [-0.05, 0) is 30.9 Å². The van der Waals surface area contributed by atoms with Crippen molar-refractivity contribution in [2.24, 2.45) is 4.99 Å². The molecule has 1 spiro atoms. The molecule has 124 valence electrons. The summed E-state index contributed by atoms with van der Waals surface area (Å²) in [6.45, 7) is 4.46. The summed E-state index contributed by atoms with van der Waals surface area (Å²) in [5, 5.41) is 3.72. The zero-order valence-corrected chi connectivity index (χ0v) is 14.0. The van der Waals surface area contributed by atoms with E-state index >= 15 is 0 Å². The number of nitrogens with one attached hydrogen (secondary N) is 1. The zero-order valence-electron chi connectivity index (χ0n) is 14.0. The van der Waals surface area contributed by atoms with Crippen LogP contribution in [0.15, 0.2) is 17.3 Å². The van der Waals surface area contributed by atoms with Crippen LogP contribution in [-0.2, 0) is 17.7 Å². The van der Waals surface area contributed by atoms with Gasteiger partial charge in [0.1, 0.15) is 5.82 Å². The third-order valence-corrected chi connectivity index (χ3v) is 5.21. The number of hydrogen-bond acceptors (Lipinski definition) is 6. The first-order valence-electron chi connectivity index (χ1n) is 8.46. The van der Waals surface area contributed by atoms with Gasteiger partial charge in [0.25, 0.3) is 0 Å². The molecule has 0 saturated carbocycles. The van der Waals surface area contributed by atoms with Gasteiger partial charge in [0.05, 0.1) is 12.1 Å². The molecule has 3 aliphatic rings. The first kappa shape index (κ1) is 14.8. The molecule has 1 N–H and O–H groups in total. The minimum Gasteiger partial charge on any atom is -0.381 e. The average Bonchev–Trinajstić information content (AvgIpc) is 2.98. The van der Waals surface area contributed by atoms with Crippen LogP contribution in [-0.4, -0.2) is 61.8 Å². The third kappa shape index (κ3) is 2.65. The molecule has 0 radical (unpaired) electrons. The summed E-state index contributed by atoms with van der Waals surface area (Å²) in [6, 6.07) is 2.16. The molecule has 1 saturated heterocycles. The fourth-order valence-electron chi connectivity index (χ4n) is 3.78. The molecule has 1 aromatic heterocycles. The lowest BCUT2D eigenvalue weighted by Crippen LogP contribution is -2.54. The van der Waals surface area contributed by atoms with Gasteiger partial charge in [-0.3, -0.25) is 4.99 Å². The van der Waals surface area contributed by atoms with Gasteiger partial charge in [-0.25, -0.2) is 4.98 Å². The minimum atomic E-state index is 0.132. The summed E-state index contributed by atoms with van der Waals surface area (Å²) in [5.41, 5.74) is 2.88. The van der Waals surface area contributed by atoms with Crippen LogP contribution in [0.2, 0.25) is 0 Å². The number of hydrogen-bond donors (Lipinski definition) is 1. The van der Waals surface area contributed by atoms with Crippen LogP contribution in [0.1, 0.15) is 24.0 Å². The maximum atomic E-state index is 5.51. The first-order valence-corrected chi connectivity index (χ1v) is 8.46. The Kier molecular flexibility index (Phi) is 3.64. The standard InChI is InChI=1S/C17H25N5O/c1-21(2)15-14-11-22(8-4-13(14)3-7-18-15)16-19-12-17(20-16)5-9-23-10-6-17/h3,7H,4-6,8-12H2,1-2H3,(H,19,20). The molecule has 23 heavy (non-hydrogen) atoms. The Morgan fingerprint density at radius 1 is 1.30 bits per heavy atom. The van der Waals surface area contributed by atoms with Gasteiger partial charge in [-0.15, -0.1) is 0 Å². The second-order valence-corrected chi connectivity index (χ2v) is 7.00. The fraction of sp³-hybridized carbons (Fsp3) is 0.647. The number of guanidine groups is 1. The highest BCUT2D eigenvalue weighted by molar-refractivity contribution is 5.83. The van der Waals surface area contributed by atoms with Crippen LogP contribution in [0, 0.1) is 0 Å². The number of ether oxygens (including phenoxy) is 1. The van der Waals surface area contributed by atoms with Crippen LogP contribution >= 0.6 is 0 Å². The van der Waals surface area contributed by atoms with Crippen LogP contribution in [0.25, 0.3) is 0 Å². The smallest absolute Gasteiger partial charge is 0.194 e. The van der Waals surface area contributed by atoms with E-state index in [0.717, 1.165) is 63.9 Å². The molecular weight excluding hydrogens is 290 g/mol. The maximum absolute atomic E-state index is 5.51. The molecule has 0 aromatic carbocycles. The van der Waals surface area contributed by atoms with Gasteiger partial charge in [0.15, 0.2) is 5.96 Å². The highest BCUT2D eigenvalue weighted by Crippen LogP contribution is 2.29. The van der Waals surface area contributed by atoms with Crippen molar-refractivity contribution in [3.63, 3.8) is 0 Å². The average molecular weight is 315 g/mol. The molecule has 1 aromatic rings. The summed E-state index contributed by atoms with van der Waals surface area (Å²) in [7, 11) is 4.12. The van der Waals surface area contributed by atoms with E-state index in [-0.39, 0.29) is 5.54 Å². The highest BCUT2D eigenvalue weighted by atomic mass is 16.5. The van der Waals surface area contributed by atoms with E-state index in [1.54, 1.807) is 0 Å². The Morgan fingerprint density at radius 2 is 2.13 bits per heavy atom. The molecule has 6 heteroatoms. The lowest BCUT2D eigenvalue weighted by atomic mass is 9.91. The first-order chi connectivity index (χ1) is 11.2. The Morgan fingerprint density at radius 3 is 2.91 bits per heavy atom. The summed E-state index contributed by atoms with van der Waals surface area (Å²) < 4.78 is 5.51. The van der Waals surface area contributed by atoms with Crippen molar-refractivity contribution >= 4 is 11.8 Å². The number of fused-ring (bicyclic) bond motifs is 1. The van der Waals surface area contributed by atoms with E-state index in [9.17, 15) is 0 Å². The van der Waals surface area contributed by atoms with Crippen molar-refractivity contribution in [1.82, 2.24) is 15.2 Å². The van der Waals surface area contributed by atoms with Gasteiger partial charge in [-0.1, -0.05) is 0 Å². The maximum Gasteiger partial charge on any atom is 0.194 e. The van der Waals surface area contributed by atoms with Gasteiger partial charge >= 0.3 is 0 Å². The van der Waals surface area contributed by atoms with E-state index in [4.69, 9.17) is 9.73 Å². The molecule has 6 nitrogen and oxygen atoms in total. The Balaban J connectivity index is 1.52. The second kappa shape index (κ2) is 5.67. The van der Waals surface area contributed by atoms with E-state index in [2.05, 4.69) is 40.3 Å². The van der Waals surface area contributed by atoms with Crippen LogP contribution in [0.3, 0.4) is 0 Å². The van der Waals surface area contributed by atoms with Crippen molar-refractivity contribution < 1.29 is 4.74 Å². The van der Waals surface area contributed by atoms with E-state index < -0.39 is 0 Å². The highest BCUT2D eigenvalue weighted by Gasteiger charge is 2.39. The van der Waals surface area contributed by atoms with Gasteiger partial charge in [0.2, 0.25) is 0 Å². The normalized spacial score (nSPS) is 22.5. The largest absolute Gasteiger partial charge is 0.381 e. The predicted molar refractivity (Wildman–Crippen MR) is 90.9 cm³/mol. The van der Waals surface area contributed by atoms with Crippen LogP contribution in [0.4, 0.5) is 5.82 Å². The zero-order chi connectivity index (χ0) is 15.9. The van der Waals surface area contributed by atoms with Gasteiger partial charge in [0, 0.05) is 52.2 Å². The number of anilines is 1. The van der Waals surface area contributed by atoms with Gasteiger partial charge in [-0.2, -0.15) is 0 Å². The van der Waals surface area contributed by atoms with Crippen LogP contribution in [0.5, 0.6) is 0 Å². The molecule has 0 bridgehead atoms. The Hall–Kier alpha value is -1.82. The van der Waals surface area contributed by atoms with Crippen molar-refractivity contribution in [3.05, 3.63) is 23.4 Å². The quantitative estimate of drug-likeness (QED) is 0.838.